The summed E-state index contributed by atoms with van der Waals surface area (Å²) in [6, 6.07) is 19.2. The molecule has 3 aromatic carbocycles. The third-order valence-electron chi connectivity index (χ3n) is 6.56. The Morgan fingerprint density at radius 3 is 2.44 bits per heavy atom. The van der Waals surface area contributed by atoms with Gasteiger partial charge in [-0.1, -0.05) is 61.7 Å². The number of fused-ring (bicyclic) bond motifs is 1. The van der Waals surface area contributed by atoms with E-state index in [1.54, 1.807) is 13.0 Å². The second-order valence-electron chi connectivity index (χ2n) is 8.69. The molecular weight excluding hydrogens is 400 g/mol. The zero-order chi connectivity index (χ0) is 22.7. The summed E-state index contributed by atoms with van der Waals surface area (Å²) in [5.41, 5.74) is 8.40. The van der Waals surface area contributed by atoms with Gasteiger partial charge in [0.1, 0.15) is 6.04 Å². The summed E-state index contributed by atoms with van der Waals surface area (Å²) in [5.74, 6) is -0.356. The van der Waals surface area contributed by atoms with E-state index in [1.807, 2.05) is 36.4 Å². The van der Waals surface area contributed by atoms with Gasteiger partial charge in [-0.05, 0) is 59.9 Å². The van der Waals surface area contributed by atoms with Gasteiger partial charge in [0.05, 0.1) is 12.6 Å². The monoisotopic (exact) mass is 430 g/mol. The van der Waals surface area contributed by atoms with E-state index in [4.69, 9.17) is 10.5 Å². The minimum Gasteiger partial charge on any atom is -0.468 e. The lowest BCUT2D eigenvalue weighted by molar-refractivity contribution is -0.143. The first kappa shape index (κ1) is 22.0. The second-order valence-corrected chi connectivity index (χ2v) is 8.69. The quantitative estimate of drug-likeness (QED) is 0.322. The Kier molecular flexibility index (Phi) is 6.28. The first-order chi connectivity index (χ1) is 15.4. The third kappa shape index (κ3) is 4.13. The molecule has 1 aliphatic rings. The van der Waals surface area contributed by atoms with Crippen LogP contribution >= 0.6 is 0 Å². The van der Waals surface area contributed by atoms with Crippen LogP contribution in [-0.4, -0.2) is 30.4 Å². The number of nitrogen functional groups attached to an aromatic ring is 1. The van der Waals surface area contributed by atoms with Gasteiger partial charge in [0.2, 0.25) is 0 Å². The maximum atomic E-state index is 14.2. The number of anilines is 1. The van der Waals surface area contributed by atoms with Crippen LogP contribution in [0.15, 0.2) is 60.7 Å². The summed E-state index contributed by atoms with van der Waals surface area (Å²) in [6.07, 6.45) is 4.33. The number of carbonyl (C=O) groups is 2. The van der Waals surface area contributed by atoms with Gasteiger partial charge in [-0.2, -0.15) is 0 Å². The number of rotatable bonds is 6. The highest BCUT2D eigenvalue weighted by atomic mass is 16.5. The fourth-order valence-electron chi connectivity index (χ4n) is 4.94. The fraction of sp³-hybridized carbons (Fsp3) is 0.333. The molecule has 1 unspecified atom stereocenters. The predicted octanol–water partition coefficient (Wildman–Crippen LogP) is 5.13. The summed E-state index contributed by atoms with van der Waals surface area (Å²) < 4.78 is 4.91. The molecule has 0 saturated heterocycles. The number of nitrogens with two attached hydrogens (primary N) is 1. The summed E-state index contributed by atoms with van der Waals surface area (Å²) in [4.78, 5) is 26.3. The molecule has 4 rings (SSSR count). The predicted molar refractivity (Wildman–Crippen MR) is 129 cm³/mol. The molecule has 166 valence electrons. The van der Waals surface area contributed by atoms with E-state index < -0.39 is 11.6 Å². The average Bonchev–Trinajstić information content (AvgIpc) is 2.83. The number of carbonyl (C=O) groups excluding carboxylic acids is 2. The Morgan fingerprint density at radius 1 is 0.969 bits per heavy atom. The van der Waals surface area contributed by atoms with Crippen LogP contribution in [0.4, 0.5) is 5.69 Å². The van der Waals surface area contributed by atoms with Gasteiger partial charge < -0.3 is 10.5 Å². The molecule has 1 fully saturated rings. The Morgan fingerprint density at radius 2 is 1.69 bits per heavy atom. The van der Waals surface area contributed by atoms with Crippen LogP contribution in [0.25, 0.3) is 21.9 Å². The van der Waals surface area contributed by atoms with E-state index >= 15 is 0 Å². The molecular formula is C27H30N2O3. The molecule has 0 aromatic heterocycles. The van der Waals surface area contributed by atoms with Crippen molar-refractivity contribution in [1.82, 2.24) is 5.32 Å². The first-order valence-electron chi connectivity index (χ1n) is 11.2. The zero-order valence-electron chi connectivity index (χ0n) is 18.7. The van der Waals surface area contributed by atoms with Crippen LogP contribution in [0.1, 0.15) is 49.4 Å². The SMILES string of the molecule is COC(=O)C(C)NC1(C(=O)c2ccc(N)cc2-c2cccc3ccccc23)CCCCC1. The summed E-state index contributed by atoms with van der Waals surface area (Å²) in [5, 5.41) is 5.54. The van der Waals surface area contributed by atoms with Crippen LogP contribution in [0, 0.1) is 0 Å². The van der Waals surface area contributed by atoms with Crippen molar-refractivity contribution in [1.29, 1.82) is 0 Å². The number of esters is 1. The topological polar surface area (TPSA) is 81.4 Å². The lowest BCUT2D eigenvalue weighted by Gasteiger charge is -2.39. The maximum Gasteiger partial charge on any atom is 0.322 e. The van der Waals surface area contributed by atoms with Gasteiger partial charge in [0, 0.05) is 11.3 Å². The van der Waals surface area contributed by atoms with Gasteiger partial charge in [-0.3, -0.25) is 14.9 Å². The smallest absolute Gasteiger partial charge is 0.322 e. The number of methoxy groups -OCH3 is 1. The second kappa shape index (κ2) is 9.13. The highest BCUT2D eigenvalue weighted by Crippen LogP contribution is 2.38. The van der Waals surface area contributed by atoms with E-state index in [9.17, 15) is 9.59 Å². The normalized spacial score (nSPS) is 16.4. The summed E-state index contributed by atoms with van der Waals surface area (Å²) in [7, 11) is 1.37. The lowest BCUT2D eigenvalue weighted by Crippen LogP contribution is -2.58. The number of nitrogens with one attached hydrogen (secondary N) is 1. The van der Waals surface area contributed by atoms with Crippen molar-refractivity contribution in [2.24, 2.45) is 0 Å². The molecule has 0 radical (unpaired) electrons. The molecule has 5 heteroatoms. The summed E-state index contributed by atoms with van der Waals surface area (Å²) in [6.45, 7) is 1.75. The molecule has 0 spiro atoms. The zero-order valence-corrected chi connectivity index (χ0v) is 18.7. The Labute approximate surface area is 189 Å². The van der Waals surface area contributed by atoms with E-state index in [0.717, 1.165) is 41.2 Å². The maximum absolute atomic E-state index is 14.2. The molecule has 5 nitrogen and oxygen atoms in total. The third-order valence-corrected chi connectivity index (χ3v) is 6.56. The minimum atomic E-state index is -0.804. The van der Waals surface area contributed by atoms with E-state index in [2.05, 4.69) is 23.5 Å². The van der Waals surface area contributed by atoms with Crippen LogP contribution < -0.4 is 11.1 Å². The lowest BCUT2D eigenvalue weighted by atomic mass is 9.74. The first-order valence-corrected chi connectivity index (χ1v) is 11.2. The molecule has 0 heterocycles. The minimum absolute atomic E-state index is 0.0101. The largest absolute Gasteiger partial charge is 0.468 e. The van der Waals surface area contributed by atoms with Crippen molar-refractivity contribution in [3.05, 3.63) is 66.2 Å². The van der Waals surface area contributed by atoms with Crippen LogP contribution in [-0.2, 0) is 9.53 Å². The van der Waals surface area contributed by atoms with Gasteiger partial charge in [0.15, 0.2) is 5.78 Å². The van der Waals surface area contributed by atoms with Crippen molar-refractivity contribution in [2.75, 3.05) is 12.8 Å². The van der Waals surface area contributed by atoms with Crippen LogP contribution in [0.2, 0.25) is 0 Å². The average molecular weight is 431 g/mol. The van der Waals surface area contributed by atoms with Crippen molar-refractivity contribution in [3.8, 4) is 11.1 Å². The molecule has 1 aliphatic carbocycles. The molecule has 0 amide bonds. The standard InChI is InChI=1S/C27H30N2O3/c1-18(26(31)32-2)29-27(15-6-3-7-16-27)25(30)23-14-13-20(28)17-24(23)22-12-8-10-19-9-4-5-11-21(19)22/h4-5,8-14,17-18,29H,3,6-7,15-16,28H2,1-2H3. The van der Waals surface area contributed by atoms with Crippen LogP contribution in [0.3, 0.4) is 0 Å². The van der Waals surface area contributed by atoms with Crippen molar-refractivity contribution >= 4 is 28.2 Å². The van der Waals surface area contributed by atoms with Crippen molar-refractivity contribution < 1.29 is 14.3 Å². The van der Waals surface area contributed by atoms with Gasteiger partial charge in [-0.15, -0.1) is 0 Å². The Balaban J connectivity index is 1.83. The number of Topliss-reactive ketones (excluding diaryl/α,β-unsaturated/α-hetero) is 1. The summed E-state index contributed by atoms with van der Waals surface area (Å²) >= 11 is 0. The highest BCUT2D eigenvalue weighted by molar-refractivity contribution is 6.11. The fourth-order valence-corrected chi connectivity index (χ4v) is 4.94. The number of benzene rings is 3. The van der Waals surface area contributed by atoms with Gasteiger partial charge >= 0.3 is 5.97 Å². The number of hydrogen-bond acceptors (Lipinski definition) is 5. The molecule has 1 atom stereocenters. The Bertz CT molecular complexity index is 1140. The van der Waals surface area contributed by atoms with E-state index in [1.165, 1.54) is 7.11 Å². The molecule has 0 bridgehead atoms. The van der Waals surface area contributed by atoms with Gasteiger partial charge in [0.25, 0.3) is 0 Å². The van der Waals surface area contributed by atoms with E-state index in [0.29, 0.717) is 24.1 Å². The molecule has 1 saturated carbocycles. The van der Waals surface area contributed by atoms with Crippen LogP contribution in [0.5, 0.6) is 0 Å². The van der Waals surface area contributed by atoms with E-state index in [-0.39, 0.29) is 11.8 Å². The molecule has 3 N–H and O–H groups in total. The Hall–Kier alpha value is -3.18. The van der Waals surface area contributed by atoms with Crippen molar-refractivity contribution in [2.45, 2.75) is 50.6 Å². The van der Waals surface area contributed by atoms with Gasteiger partial charge in [-0.25, -0.2) is 0 Å². The number of ether oxygens (including phenoxy) is 1. The van der Waals surface area contributed by atoms with Crippen molar-refractivity contribution in [3.63, 3.8) is 0 Å². The number of hydrogen-bond donors (Lipinski definition) is 2. The highest BCUT2D eigenvalue weighted by Gasteiger charge is 2.42. The molecule has 32 heavy (non-hydrogen) atoms. The molecule has 0 aliphatic heterocycles. The number of ketones is 1. The molecule has 3 aromatic rings.